The molecule has 0 fully saturated rings. The first kappa shape index (κ1) is 12.7. The van der Waals surface area contributed by atoms with E-state index >= 15 is 0 Å². The minimum absolute atomic E-state index is 0.404. The third-order valence-electron chi connectivity index (χ3n) is 4.68. The van der Waals surface area contributed by atoms with Gasteiger partial charge in [-0.25, -0.2) is 4.98 Å². The van der Waals surface area contributed by atoms with Gasteiger partial charge in [-0.3, -0.25) is 0 Å². The number of nitrogens with one attached hydrogen (secondary N) is 1. The third kappa shape index (κ3) is 2.09. The predicted octanol–water partition coefficient (Wildman–Crippen LogP) is 3.18. The van der Waals surface area contributed by atoms with Crippen LogP contribution < -0.4 is 10.1 Å². The molecule has 1 aliphatic carbocycles. The normalized spacial score (nSPS) is 20.3. The fourth-order valence-corrected chi connectivity index (χ4v) is 3.61. The molecule has 2 heterocycles. The summed E-state index contributed by atoms with van der Waals surface area (Å²) in [5.74, 6) is 1.98. The highest BCUT2D eigenvalue weighted by molar-refractivity contribution is 5.41. The van der Waals surface area contributed by atoms with E-state index in [-0.39, 0.29) is 0 Å². The molecule has 4 rings (SSSR count). The van der Waals surface area contributed by atoms with E-state index in [0.717, 1.165) is 37.5 Å². The highest BCUT2D eigenvalue weighted by Gasteiger charge is 2.28. The molecule has 2 aliphatic rings. The monoisotopic (exact) mass is 283 g/mol. The van der Waals surface area contributed by atoms with Gasteiger partial charge in [-0.1, -0.05) is 12.1 Å². The van der Waals surface area contributed by atoms with Crippen molar-refractivity contribution in [2.75, 3.05) is 19.0 Å². The van der Waals surface area contributed by atoms with Crippen molar-refractivity contribution in [3.8, 4) is 5.75 Å². The molecule has 0 amide bonds. The molecule has 1 aromatic heterocycles. The second kappa shape index (κ2) is 5.10. The average molecular weight is 283 g/mol. The topological polar surface area (TPSA) is 39.1 Å². The molecule has 0 saturated carbocycles. The third-order valence-corrected chi connectivity index (χ3v) is 4.68. The Kier molecular flexibility index (Phi) is 3.09. The lowest BCUT2D eigenvalue weighted by Gasteiger charge is -2.29. The van der Waals surface area contributed by atoms with E-state index in [1.165, 1.54) is 29.8 Å². The zero-order valence-corrected chi connectivity index (χ0v) is 12.4. The maximum atomic E-state index is 5.27. The minimum atomic E-state index is 0.404. The minimum Gasteiger partial charge on any atom is -0.497 e. The number of methoxy groups -OCH3 is 1. The number of imidazole rings is 1. The van der Waals surface area contributed by atoms with Gasteiger partial charge in [0, 0.05) is 12.2 Å². The second-order valence-electron chi connectivity index (χ2n) is 5.91. The molecule has 0 bridgehead atoms. The number of aryl methyl sites for hydroxylation is 1. The summed E-state index contributed by atoms with van der Waals surface area (Å²) in [4.78, 5) is 4.83. The average Bonchev–Trinajstić information content (AvgIpc) is 2.93. The first-order valence-corrected chi connectivity index (χ1v) is 7.84. The molecule has 4 heteroatoms. The Labute approximate surface area is 125 Å². The molecule has 110 valence electrons. The van der Waals surface area contributed by atoms with Crippen LogP contribution in [0.4, 0.5) is 5.95 Å². The summed E-state index contributed by atoms with van der Waals surface area (Å²) >= 11 is 0. The van der Waals surface area contributed by atoms with Gasteiger partial charge in [0.1, 0.15) is 5.75 Å². The van der Waals surface area contributed by atoms with E-state index in [4.69, 9.17) is 9.72 Å². The van der Waals surface area contributed by atoms with Crippen LogP contribution >= 0.6 is 0 Å². The molecule has 1 aromatic carbocycles. The van der Waals surface area contributed by atoms with Crippen LogP contribution in [0.25, 0.3) is 0 Å². The molecule has 2 aromatic rings. The fraction of sp³-hybridized carbons (Fsp3) is 0.471. The van der Waals surface area contributed by atoms with Crippen LogP contribution in [0.5, 0.6) is 5.75 Å². The van der Waals surface area contributed by atoms with Crippen LogP contribution in [-0.2, 0) is 12.8 Å². The highest BCUT2D eigenvalue weighted by atomic mass is 16.5. The van der Waals surface area contributed by atoms with Crippen molar-refractivity contribution in [1.82, 2.24) is 9.55 Å². The highest BCUT2D eigenvalue weighted by Crippen LogP contribution is 2.35. The smallest absolute Gasteiger partial charge is 0.203 e. The van der Waals surface area contributed by atoms with Crippen molar-refractivity contribution in [2.24, 2.45) is 0 Å². The van der Waals surface area contributed by atoms with E-state index in [2.05, 4.69) is 34.1 Å². The molecular formula is C17H21N3O. The van der Waals surface area contributed by atoms with Crippen LogP contribution in [0, 0.1) is 0 Å². The number of benzene rings is 1. The molecule has 1 unspecified atom stereocenters. The molecule has 4 nitrogen and oxygen atoms in total. The number of rotatable bonds is 2. The van der Waals surface area contributed by atoms with Crippen molar-refractivity contribution in [1.29, 1.82) is 0 Å². The Morgan fingerprint density at radius 3 is 2.81 bits per heavy atom. The standard InChI is InChI=1S/C17H21N3O/c1-21-13-8-6-12(7-9-13)15-10-11-18-17-19-14-4-2-3-5-16(14)20(15)17/h6-9,15H,2-5,10-11H2,1H3,(H,18,19). The predicted molar refractivity (Wildman–Crippen MR) is 83.1 cm³/mol. The fourth-order valence-electron chi connectivity index (χ4n) is 3.61. The van der Waals surface area contributed by atoms with E-state index in [1.54, 1.807) is 7.11 Å². The van der Waals surface area contributed by atoms with Crippen LogP contribution in [0.1, 0.15) is 42.3 Å². The molecule has 0 spiro atoms. The van der Waals surface area contributed by atoms with Crippen LogP contribution in [0.3, 0.4) is 0 Å². The molecule has 1 atom stereocenters. The van der Waals surface area contributed by atoms with E-state index in [0.29, 0.717) is 6.04 Å². The lowest BCUT2D eigenvalue weighted by atomic mass is 9.98. The van der Waals surface area contributed by atoms with Gasteiger partial charge < -0.3 is 14.6 Å². The zero-order valence-electron chi connectivity index (χ0n) is 12.4. The molecule has 1 aliphatic heterocycles. The largest absolute Gasteiger partial charge is 0.497 e. The first-order chi connectivity index (χ1) is 10.4. The second-order valence-corrected chi connectivity index (χ2v) is 5.91. The van der Waals surface area contributed by atoms with Gasteiger partial charge in [-0.05, 0) is 49.8 Å². The number of nitrogens with zero attached hydrogens (tertiary/aromatic N) is 2. The maximum absolute atomic E-state index is 5.27. The van der Waals surface area contributed by atoms with Gasteiger partial charge in [0.2, 0.25) is 5.95 Å². The first-order valence-electron chi connectivity index (χ1n) is 7.84. The lowest BCUT2D eigenvalue weighted by Crippen LogP contribution is -2.25. The van der Waals surface area contributed by atoms with Crippen LogP contribution in [-0.4, -0.2) is 23.2 Å². The Morgan fingerprint density at radius 2 is 2.00 bits per heavy atom. The Balaban J connectivity index is 1.76. The molecular weight excluding hydrogens is 262 g/mol. The number of ether oxygens (including phenoxy) is 1. The quantitative estimate of drug-likeness (QED) is 0.920. The lowest BCUT2D eigenvalue weighted by molar-refractivity contribution is 0.414. The SMILES string of the molecule is COc1ccc(C2CCNc3nc4c(n32)CCCC4)cc1. The molecule has 1 N–H and O–H groups in total. The van der Waals surface area contributed by atoms with Crippen molar-refractivity contribution in [3.63, 3.8) is 0 Å². The van der Waals surface area contributed by atoms with E-state index in [9.17, 15) is 0 Å². The number of aromatic nitrogens is 2. The van der Waals surface area contributed by atoms with Crippen LogP contribution in [0.15, 0.2) is 24.3 Å². The van der Waals surface area contributed by atoms with E-state index in [1.807, 2.05) is 0 Å². The van der Waals surface area contributed by atoms with Crippen molar-refractivity contribution in [3.05, 3.63) is 41.2 Å². The summed E-state index contributed by atoms with van der Waals surface area (Å²) in [6.07, 6.45) is 5.97. The summed E-state index contributed by atoms with van der Waals surface area (Å²) in [5.41, 5.74) is 4.11. The summed E-state index contributed by atoms with van der Waals surface area (Å²) in [5, 5.41) is 3.47. The van der Waals surface area contributed by atoms with Gasteiger partial charge in [-0.2, -0.15) is 0 Å². The Bertz CT molecular complexity index is 645. The van der Waals surface area contributed by atoms with Crippen LogP contribution in [0.2, 0.25) is 0 Å². The van der Waals surface area contributed by atoms with Crippen molar-refractivity contribution < 1.29 is 4.74 Å². The van der Waals surface area contributed by atoms with Gasteiger partial charge in [0.15, 0.2) is 0 Å². The van der Waals surface area contributed by atoms with Crippen molar-refractivity contribution in [2.45, 2.75) is 38.1 Å². The van der Waals surface area contributed by atoms with Crippen molar-refractivity contribution >= 4 is 5.95 Å². The Hall–Kier alpha value is -1.97. The molecule has 0 radical (unpaired) electrons. The molecule has 21 heavy (non-hydrogen) atoms. The number of fused-ring (bicyclic) bond motifs is 3. The van der Waals surface area contributed by atoms with Gasteiger partial charge in [0.05, 0.1) is 18.8 Å². The van der Waals surface area contributed by atoms with Gasteiger partial charge >= 0.3 is 0 Å². The summed E-state index contributed by atoms with van der Waals surface area (Å²) < 4.78 is 7.71. The maximum Gasteiger partial charge on any atom is 0.203 e. The number of hydrogen-bond acceptors (Lipinski definition) is 3. The molecule has 0 saturated heterocycles. The Morgan fingerprint density at radius 1 is 1.19 bits per heavy atom. The zero-order chi connectivity index (χ0) is 14.2. The van der Waals surface area contributed by atoms with E-state index < -0.39 is 0 Å². The van der Waals surface area contributed by atoms with Gasteiger partial charge in [0.25, 0.3) is 0 Å². The number of anilines is 1. The summed E-state index contributed by atoms with van der Waals surface area (Å²) in [6, 6.07) is 8.89. The van der Waals surface area contributed by atoms with Gasteiger partial charge in [-0.15, -0.1) is 0 Å². The number of hydrogen-bond donors (Lipinski definition) is 1. The summed E-state index contributed by atoms with van der Waals surface area (Å²) in [6.45, 7) is 0.993. The summed E-state index contributed by atoms with van der Waals surface area (Å²) in [7, 11) is 1.71.